The number of carbonyl (C=O) groups excluding carboxylic acids is 2. The van der Waals surface area contributed by atoms with Gasteiger partial charge in [0.05, 0.1) is 0 Å². The van der Waals surface area contributed by atoms with Gasteiger partial charge in [-0.1, -0.05) is 40.0 Å². The highest BCUT2D eigenvalue weighted by Crippen LogP contribution is 2.33. The van der Waals surface area contributed by atoms with Crippen molar-refractivity contribution in [2.45, 2.75) is 65.0 Å². The second-order valence-corrected chi connectivity index (χ2v) is 6.30. The molecule has 0 aromatic carbocycles. The maximum atomic E-state index is 12.5. The molecule has 2 atom stereocenters. The molecular weight excluding hydrogens is 240 g/mol. The Bertz CT molecular complexity index is 350. The van der Waals surface area contributed by atoms with Gasteiger partial charge >= 0.3 is 0 Å². The normalized spacial score (nSPS) is 27.9. The van der Waals surface area contributed by atoms with Crippen LogP contribution < -0.4 is 5.32 Å². The number of hydrogen-bond donors (Lipinski definition) is 1. The van der Waals surface area contributed by atoms with Crippen LogP contribution in [0, 0.1) is 11.8 Å². The molecule has 2 fully saturated rings. The van der Waals surface area contributed by atoms with Gasteiger partial charge in [0.15, 0.2) is 0 Å². The van der Waals surface area contributed by atoms with Gasteiger partial charge in [-0.05, 0) is 24.7 Å². The van der Waals surface area contributed by atoms with Gasteiger partial charge in [0.25, 0.3) is 0 Å². The lowest BCUT2D eigenvalue weighted by molar-refractivity contribution is -0.151. The van der Waals surface area contributed by atoms with Crippen molar-refractivity contribution in [3.63, 3.8) is 0 Å². The number of nitrogens with zero attached hydrogens (tertiary/aromatic N) is 1. The summed E-state index contributed by atoms with van der Waals surface area (Å²) in [6, 6.07) is -0.578. The van der Waals surface area contributed by atoms with Crippen molar-refractivity contribution >= 4 is 11.8 Å². The lowest BCUT2D eigenvalue weighted by Gasteiger charge is -2.41. The summed E-state index contributed by atoms with van der Waals surface area (Å²) in [5.74, 6) is 1.12. The molecule has 1 saturated carbocycles. The Hall–Kier alpha value is -1.06. The van der Waals surface area contributed by atoms with E-state index >= 15 is 0 Å². The molecule has 1 N–H and O–H groups in total. The minimum Gasteiger partial charge on any atom is -0.342 e. The molecule has 108 valence electrons. The first-order valence-electron chi connectivity index (χ1n) is 7.65. The summed E-state index contributed by atoms with van der Waals surface area (Å²) < 4.78 is 0. The third kappa shape index (κ3) is 3.28. The van der Waals surface area contributed by atoms with Crippen LogP contribution in [0.5, 0.6) is 0 Å². The standard InChI is InChI=1S/C15H26N2O2/c1-4-5-12-15(19)17(9-8-11-6-7-11)13(10(2)3)14(18)16-12/h10-13H,4-9H2,1-3H3,(H,16,18). The molecule has 0 spiro atoms. The van der Waals surface area contributed by atoms with Crippen molar-refractivity contribution in [3.8, 4) is 0 Å². The minimum absolute atomic E-state index is 0.0313. The zero-order valence-electron chi connectivity index (χ0n) is 12.3. The van der Waals surface area contributed by atoms with E-state index in [1.807, 2.05) is 25.7 Å². The lowest BCUT2D eigenvalue weighted by Crippen LogP contribution is -2.64. The first-order valence-corrected chi connectivity index (χ1v) is 7.65. The van der Waals surface area contributed by atoms with Crippen LogP contribution >= 0.6 is 0 Å². The SMILES string of the molecule is CCCC1NC(=O)C(C(C)C)N(CCC2CC2)C1=O. The van der Waals surface area contributed by atoms with Crippen molar-refractivity contribution in [1.82, 2.24) is 10.2 Å². The molecule has 1 heterocycles. The fourth-order valence-corrected chi connectivity index (χ4v) is 2.92. The third-order valence-electron chi connectivity index (χ3n) is 4.19. The first kappa shape index (κ1) is 14.4. The molecule has 0 radical (unpaired) electrons. The van der Waals surface area contributed by atoms with Gasteiger partial charge in [0, 0.05) is 6.54 Å². The van der Waals surface area contributed by atoms with Gasteiger partial charge in [0.2, 0.25) is 11.8 Å². The van der Waals surface area contributed by atoms with Crippen molar-refractivity contribution < 1.29 is 9.59 Å². The average molecular weight is 266 g/mol. The Balaban J connectivity index is 2.08. The molecule has 19 heavy (non-hydrogen) atoms. The number of amides is 2. The van der Waals surface area contributed by atoms with E-state index in [1.165, 1.54) is 12.8 Å². The van der Waals surface area contributed by atoms with E-state index < -0.39 is 0 Å². The number of hydrogen-bond acceptors (Lipinski definition) is 2. The summed E-state index contributed by atoms with van der Waals surface area (Å²) in [4.78, 5) is 26.6. The molecule has 0 bridgehead atoms. The van der Waals surface area contributed by atoms with Crippen LogP contribution in [0.3, 0.4) is 0 Å². The van der Waals surface area contributed by atoms with E-state index in [9.17, 15) is 9.59 Å². The Morgan fingerprint density at radius 3 is 2.47 bits per heavy atom. The largest absolute Gasteiger partial charge is 0.342 e. The molecule has 0 aromatic rings. The number of nitrogens with one attached hydrogen (secondary N) is 1. The minimum atomic E-state index is -0.299. The van der Waals surface area contributed by atoms with Crippen molar-refractivity contribution in [3.05, 3.63) is 0 Å². The highest BCUT2D eigenvalue weighted by molar-refractivity contribution is 5.97. The van der Waals surface area contributed by atoms with E-state index in [0.29, 0.717) is 0 Å². The van der Waals surface area contributed by atoms with Crippen molar-refractivity contribution in [2.75, 3.05) is 6.54 Å². The second kappa shape index (κ2) is 5.93. The summed E-state index contributed by atoms with van der Waals surface area (Å²) in [6.07, 6.45) is 5.30. The monoisotopic (exact) mass is 266 g/mol. The van der Waals surface area contributed by atoms with Gasteiger partial charge < -0.3 is 10.2 Å². The van der Waals surface area contributed by atoms with Crippen LogP contribution in [0.25, 0.3) is 0 Å². The number of rotatable bonds is 6. The van der Waals surface area contributed by atoms with Crippen LogP contribution in [0.4, 0.5) is 0 Å². The van der Waals surface area contributed by atoms with Crippen LogP contribution in [0.15, 0.2) is 0 Å². The Labute approximate surface area is 115 Å². The van der Waals surface area contributed by atoms with Gasteiger partial charge in [0.1, 0.15) is 12.1 Å². The van der Waals surface area contributed by atoms with Crippen molar-refractivity contribution in [2.24, 2.45) is 11.8 Å². The maximum absolute atomic E-state index is 12.5. The zero-order valence-corrected chi connectivity index (χ0v) is 12.3. The average Bonchev–Trinajstić information content (AvgIpc) is 3.15. The molecule has 4 heteroatoms. The summed E-state index contributed by atoms with van der Waals surface area (Å²) in [5, 5.41) is 2.90. The highest BCUT2D eigenvalue weighted by Gasteiger charge is 2.41. The molecule has 2 rings (SSSR count). The molecule has 2 amide bonds. The number of piperazine rings is 1. The van der Waals surface area contributed by atoms with Gasteiger partial charge in [-0.25, -0.2) is 0 Å². The fourth-order valence-electron chi connectivity index (χ4n) is 2.92. The van der Waals surface area contributed by atoms with Crippen LogP contribution in [0.1, 0.15) is 52.9 Å². The predicted octanol–water partition coefficient (Wildman–Crippen LogP) is 1.94. The summed E-state index contributed by atoms with van der Waals surface area (Å²) >= 11 is 0. The fraction of sp³-hybridized carbons (Fsp3) is 0.867. The van der Waals surface area contributed by atoms with E-state index in [2.05, 4.69) is 5.32 Å². The van der Waals surface area contributed by atoms with Crippen LogP contribution in [-0.2, 0) is 9.59 Å². The van der Waals surface area contributed by atoms with Crippen molar-refractivity contribution in [1.29, 1.82) is 0 Å². The number of carbonyl (C=O) groups is 2. The van der Waals surface area contributed by atoms with Crippen LogP contribution in [-0.4, -0.2) is 35.3 Å². The Morgan fingerprint density at radius 2 is 1.95 bits per heavy atom. The maximum Gasteiger partial charge on any atom is 0.245 e. The molecule has 2 unspecified atom stereocenters. The second-order valence-electron chi connectivity index (χ2n) is 6.30. The molecule has 0 aromatic heterocycles. The van der Waals surface area contributed by atoms with Gasteiger partial charge in [-0.2, -0.15) is 0 Å². The lowest BCUT2D eigenvalue weighted by atomic mass is 9.95. The first-order chi connectivity index (χ1) is 9.04. The molecule has 2 aliphatic rings. The zero-order chi connectivity index (χ0) is 14.0. The van der Waals surface area contributed by atoms with E-state index in [0.717, 1.165) is 31.7 Å². The van der Waals surface area contributed by atoms with E-state index in [4.69, 9.17) is 0 Å². The Morgan fingerprint density at radius 1 is 1.26 bits per heavy atom. The smallest absolute Gasteiger partial charge is 0.245 e. The van der Waals surface area contributed by atoms with Crippen LogP contribution in [0.2, 0.25) is 0 Å². The molecule has 1 aliphatic carbocycles. The van der Waals surface area contributed by atoms with Gasteiger partial charge in [-0.15, -0.1) is 0 Å². The Kier molecular flexibility index (Phi) is 4.48. The highest BCUT2D eigenvalue weighted by atomic mass is 16.2. The summed E-state index contributed by atoms with van der Waals surface area (Å²) in [5.41, 5.74) is 0. The van der Waals surface area contributed by atoms with E-state index in [-0.39, 0.29) is 29.8 Å². The molecule has 4 nitrogen and oxygen atoms in total. The quantitative estimate of drug-likeness (QED) is 0.798. The van der Waals surface area contributed by atoms with Gasteiger partial charge in [-0.3, -0.25) is 9.59 Å². The van der Waals surface area contributed by atoms with E-state index in [1.54, 1.807) is 0 Å². The topological polar surface area (TPSA) is 49.4 Å². The molecular formula is C15H26N2O2. The third-order valence-corrected chi connectivity index (χ3v) is 4.19. The summed E-state index contributed by atoms with van der Waals surface area (Å²) in [6.45, 7) is 6.83. The summed E-state index contributed by atoms with van der Waals surface area (Å²) in [7, 11) is 0. The molecule has 1 aliphatic heterocycles. The molecule has 1 saturated heterocycles. The predicted molar refractivity (Wildman–Crippen MR) is 74.5 cm³/mol.